The molecule has 1 atom stereocenters. The van der Waals surface area contributed by atoms with E-state index in [-0.39, 0.29) is 18.4 Å². The second-order valence-corrected chi connectivity index (χ2v) is 8.02. The third-order valence-electron chi connectivity index (χ3n) is 4.29. The van der Waals surface area contributed by atoms with Crippen LogP contribution in [0.2, 0.25) is 0 Å². The van der Waals surface area contributed by atoms with Crippen LogP contribution in [0.15, 0.2) is 41.2 Å². The molecule has 0 radical (unpaired) electrons. The maximum absolute atomic E-state index is 12.8. The number of aryl methyl sites for hydroxylation is 1. The van der Waals surface area contributed by atoms with Gasteiger partial charge in [0.2, 0.25) is 10.0 Å². The van der Waals surface area contributed by atoms with Gasteiger partial charge in [0.15, 0.2) is 5.58 Å². The van der Waals surface area contributed by atoms with Gasteiger partial charge in [0.05, 0.1) is 18.9 Å². The Bertz CT molecular complexity index is 994. The molecule has 3 aromatic rings. The zero-order valence-electron chi connectivity index (χ0n) is 13.7. The second-order valence-electron chi connectivity index (χ2n) is 6.05. The lowest BCUT2D eigenvalue weighted by molar-refractivity contribution is -0.00264. The normalized spacial score (nSPS) is 19.5. The fourth-order valence-electron chi connectivity index (χ4n) is 2.99. The van der Waals surface area contributed by atoms with Gasteiger partial charge in [-0.05, 0) is 12.1 Å². The van der Waals surface area contributed by atoms with Crippen LogP contribution in [-0.2, 0) is 27.6 Å². The van der Waals surface area contributed by atoms with E-state index in [4.69, 9.17) is 9.26 Å². The van der Waals surface area contributed by atoms with E-state index >= 15 is 0 Å². The minimum Gasteiger partial charge on any atom is -0.371 e. The summed E-state index contributed by atoms with van der Waals surface area (Å²) in [5, 5.41) is 8.78. The molecule has 3 heterocycles. The van der Waals surface area contributed by atoms with Crippen LogP contribution in [0.4, 0.5) is 0 Å². The predicted octanol–water partition coefficient (Wildman–Crippen LogP) is 1.46. The summed E-state index contributed by atoms with van der Waals surface area (Å²) in [5.74, 6) is -0.191. The lowest BCUT2D eigenvalue weighted by Gasteiger charge is -2.31. The van der Waals surface area contributed by atoms with E-state index in [9.17, 15) is 8.42 Å². The zero-order chi connectivity index (χ0) is 17.4. The number of sulfonamides is 1. The van der Waals surface area contributed by atoms with Crippen molar-refractivity contribution in [2.45, 2.75) is 11.9 Å². The molecule has 2 aromatic heterocycles. The van der Waals surface area contributed by atoms with Gasteiger partial charge in [-0.25, -0.2) is 8.42 Å². The van der Waals surface area contributed by atoms with E-state index in [1.54, 1.807) is 16.9 Å². The van der Waals surface area contributed by atoms with Crippen molar-refractivity contribution in [3.63, 3.8) is 0 Å². The molecule has 1 aliphatic heterocycles. The minimum atomic E-state index is -3.53. The monoisotopic (exact) mass is 362 g/mol. The third kappa shape index (κ3) is 3.17. The second kappa shape index (κ2) is 6.25. The van der Waals surface area contributed by atoms with Crippen LogP contribution in [0, 0.1) is 0 Å². The summed E-state index contributed by atoms with van der Waals surface area (Å²) >= 11 is 0. The molecule has 0 saturated carbocycles. The highest BCUT2D eigenvalue weighted by molar-refractivity contribution is 7.88. The van der Waals surface area contributed by atoms with Gasteiger partial charge in [-0.3, -0.25) is 4.68 Å². The Morgan fingerprint density at radius 3 is 2.96 bits per heavy atom. The number of hydrogen-bond donors (Lipinski definition) is 0. The number of ether oxygens (including phenoxy) is 1. The van der Waals surface area contributed by atoms with Crippen molar-refractivity contribution in [2.24, 2.45) is 7.05 Å². The fraction of sp³-hybridized carbons (Fsp3) is 0.375. The predicted molar refractivity (Wildman–Crippen MR) is 90.1 cm³/mol. The maximum Gasteiger partial charge on any atom is 0.220 e. The highest BCUT2D eigenvalue weighted by Gasteiger charge is 2.32. The molecule has 1 saturated heterocycles. The molecule has 1 aliphatic rings. The van der Waals surface area contributed by atoms with Gasteiger partial charge in [-0.1, -0.05) is 17.3 Å². The van der Waals surface area contributed by atoms with Crippen LogP contribution < -0.4 is 0 Å². The van der Waals surface area contributed by atoms with Crippen LogP contribution in [0.5, 0.6) is 0 Å². The van der Waals surface area contributed by atoms with Crippen molar-refractivity contribution in [1.29, 1.82) is 0 Å². The van der Waals surface area contributed by atoms with Crippen molar-refractivity contribution in [1.82, 2.24) is 19.2 Å². The molecule has 1 aromatic carbocycles. The molecule has 0 aliphatic carbocycles. The van der Waals surface area contributed by atoms with Gasteiger partial charge < -0.3 is 9.26 Å². The molecule has 9 heteroatoms. The summed E-state index contributed by atoms with van der Waals surface area (Å²) in [6.45, 7) is 0.942. The molecule has 0 spiro atoms. The molecule has 0 amide bonds. The minimum absolute atomic E-state index is 0.191. The fourth-order valence-corrected chi connectivity index (χ4v) is 4.44. The number of rotatable bonds is 4. The van der Waals surface area contributed by atoms with Crippen molar-refractivity contribution in [3.8, 4) is 0 Å². The first-order valence-electron chi connectivity index (χ1n) is 7.94. The number of nitrogens with zero attached hydrogens (tertiary/aromatic N) is 4. The average Bonchev–Trinajstić information content (AvgIpc) is 3.22. The van der Waals surface area contributed by atoms with Gasteiger partial charge >= 0.3 is 0 Å². The molecule has 4 rings (SSSR count). The first kappa shape index (κ1) is 16.2. The number of benzene rings is 1. The van der Waals surface area contributed by atoms with Gasteiger partial charge in [-0.15, -0.1) is 0 Å². The molecule has 0 N–H and O–H groups in total. The third-order valence-corrected chi connectivity index (χ3v) is 6.05. The first-order chi connectivity index (χ1) is 12.0. The lowest BCUT2D eigenvalue weighted by atomic mass is 10.2. The van der Waals surface area contributed by atoms with E-state index in [1.807, 2.05) is 31.4 Å². The van der Waals surface area contributed by atoms with Crippen molar-refractivity contribution in [2.75, 3.05) is 19.7 Å². The van der Waals surface area contributed by atoms with Gasteiger partial charge in [0.25, 0.3) is 0 Å². The van der Waals surface area contributed by atoms with Crippen LogP contribution in [0.1, 0.15) is 17.4 Å². The molecular formula is C16H18N4O4S. The van der Waals surface area contributed by atoms with E-state index in [2.05, 4.69) is 10.3 Å². The highest BCUT2D eigenvalue weighted by Crippen LogP contribution is 2.26. The smallest absolute Gasteiger partial charge is 0.220 e. The number of morpholine rings is 1. The zero-order valence-corrected chi connectivity index (χ0v) is 14.5. The summed E-state index contributed by atoms with van der Waals surface area (Å²) in [5.41, 5.74) is 1.89. The molecule has 1 fully saturated rings. The van der Waals surface area contributed by atoms with Crippen LogP contribution in [0.25, 0.3) is 11.0 Å². The topological polar surface area (TPSA) is 90.5 Å². The van der Waals surface area contributed by atoms with Crippen molar-refractivity contribution < 1.29 is 17.7 Å². The van der Waals surface area contributed by atoms with E-state index in [0.717, 1.165) is 10.9 Å². The Balaban J connectivity index is 1.55. The van der Waals surface area contributed by atoms with Crippen molar-refractivity contribution in [3.05, 3.63) is 47.9 Å². The van der Waals surface area contributed by atoms with Crippen LogP contribution in [-0.4, -0.2) is 47.4 Å². The summed E-state index contributed by atoms with van der Waals surface area (Å²) < 4.78 is 39.7. The van der Waals surface area contributed by atoms with Crippen LogP contribution in [0.3, 0.4) is 0 Å². The Labute approximate surface area is 145 Å². The SMILES string of the molecule is Cn1cc([C@@H]2CN(S(=O)(=O)Cc3noc4ccccc34)CCO2)cn1. The summed E-state index contributed by atoms with van der Waals surface area (Å²) in [4.78, 5) is 0. The number of aromatic nitrogens is 3. The average molecular weight is 362 g/mol. The molecule has 8 nitrogen and oxygen atoms in total. The Hall–Kier alpha value is -2.23. The Morgan fingerprint density at radius 1 is 1.32 bits per heavy atom. The Kier molecular flexibility index (Phi) is 4.06. The summed E-state index contributed by atoms with van der Waals surface area (Å²) in [6.07, 6.45) is 3.23. The number of para-hydroxylation sites is 1. The standard InChI is InChI=1S/C16H18N4O4S/c1-19-9-12(8-17-19)16-10-20(6-7-23-16)25(21,22)11-14-13-4-2-3-5-15(13)24-18-14/h2-5,8-9,16H,6-7,10-11H2,1H3/t16-/m0/s1. The van der Waals surface area contributed by atoms with Gasteiger partial charge in [-0.2, -0.15) is 9.40 Å². The van der Waals surface area contributed by atoms with Crippen LogP contribution >= 0.6 is 0 Å². The van der Waals surface area contributed by atoms with E-state index < -0.39 is 10.0 Å². The van der Waals surface area contributed by atoms with Crippen molar-refractivity contribution >= 4 is 21.0 Å². The van der Waals surface area contributed by atoms with E-state index in [1.165, 1.54) is 4.31 Å². The van der Waals surface area contributed by atoms with E-state index in [0.29, 0.717) is 24.4 Å². The maximum atomic E-state index is 12.8. The highest BCUT2D eigenvalue weighted by atomic mass is 32.2. The molecule has 0 bridgehead atoms. The molecule has 25 heavy (non-hydrogen) atoms. The summed E-state index contributed by atoms with van der Waals surface area (Å²) in [6, 6.07) is 7.25. The number of hydrogen-bond acceptors (Lipinski definition) is 6. The largest absolute Gasteiger partial charge is 0.371 e. The molecule has 0 unspecified atom stereocenters. The molecular weight excluding hydrogens is 344 g/mol. The quantitative estimate of drug-likeness (QED) is 0.698. The van der Waals surface area contributed by atoms with Gasteiger partial charge in [0, 0.05) is 37.3 Å². The molecule has 132 valence electrons. The van der Waals surface area contributed by atoms with Gasteiger partial charge in [0.1, 0.15) is 11.4 Å². The number of fused-ring (bicyclic) bond motifs is 1. The lowest BCUT2D eigenvalue weighted by Crippen LogP contribution is -2.42. The first-order valence-corrected chi connectivity index (χ1v) is 9.55. The Morgan fingerprint density at radius 2 is 2.16 bits per heavy atom. The summed E-state index contributed by atoms with van der Waals surface area (Å²) in [7, 11) is -1.71.